The zero-order valence-electron chi connectivity index (χ0n) is 13.9. The van der Waals surface area contributed by atoms with Crippen molar-refractivity contribution in [2.45, 2.75) is 51.4 Å². The molecule has 0 aliphatic heterocycles. The third kappa shape index (κ3) is 17.9. The molecule has 0 heterocycles. The summed E-state index contributed by atoms with van der Waals surface area (Å²) in [6.45, 7) is 4.89. The molecule has 0 rings (SSSR count). The van der Waals surface area contributed by atoms with Gasteiger partial charge in [-0.05, 0) is 80.1 Å². The Morgan fingerprint density at radius 3 is 1.26 bits per heavy atom. The number of hydrogen-bond donors (Lipinski definition) is 1. The van der Waals surface area contributed by atoms with Crippen LogP contribution in [0.25, 0.3) is 0 Å². The summed E-state index contributed by atoms with van der Waals surface area (Å²) >= 11 is 0. The van der Waals surface area contributed by atoms with E-state index in [9.17, 15) is 0 Å². The van der Waals surface area contributed by atoms with Crippen molar-refractivity contribution in [1.29, 1.82) is 0 Å². The molecule has 0 saturated heterocycles. The highest BCUT2D eigenvalue weighted by Crippen LogP contribution is 2.01. The monoisotopic (exact) mass is 271 g/mol. The topological polar surface area (TPSA) is 18.5 Å². The van der Waals surface area contributed by atoms with Crippen molar-refractivity contribution in [2.75, 3.05) is 54.4 Å². The molecule has 1 N–H and O–H groups in total. The van der Waals surface area contributed by atoms with Crippen LogP contribution in [0.4, 0.5) is 0 Å². The van der Waals surface area contributed by atoms with Crippen molar-refractivity contribution >= 4 is 0 Å². The summed E-state index contributed by atoms with van der Waals surface area (Å²) < 4.78 is 0. The molecule has 0 aromatic heterocycles. The number of hydrogen-bond acceptors (Lipinski definition) is 3. The molecule has 0 aromatic rings. The Labute approximate surface area is 121 Å². The molecule has 116 valence electrons. The molecule has 0 radical (unpaired) electrons. The molecule has 3 nitrogen and oxygen atoms in total. The molecule has 19 heavy (non-hydrogen) atoms. The van der Waals surface area contributed by atoms with Crippen LogP contribution in [0.3, 0.4) is 0 Å². The Hall–Kier alpha value is -0.120. The molecule has 0 aromatic carbocycles. The first-order valence-corrected chi connectivity index (χ1v) is 8.13. The van der Waals surface area contributed by atoms with Crippen LogP contribution in [-0.2, 0) is 0 Å². The molecule has 3 heteroatoms. The lowest BCUT2D eigenvalue weighted by Gasteiger charge is -2.09. The zero-order valence-corrected chi connectivity index (χ0v) is 13.9. The molecular formula is C16H37N3. The summed E-state index contributed by atoms with van der Waals surface area (Å²) in [5.74, 6) is 0. The maximum atomic E-state index is 3.56. The first-order valence-electron chi connectivity index (χ1n) is 8.13. The van der Waals surface area contributed by atoms with Crippen molar-refractivity contribution < 1.29 is 0 Å². The Balaban J connectivity index is 2.95. The highest BCUT2D eigenvalue weighted by molar-refractivity contribution is 4.53. The van der Waals surface area contributed by atoms with E-state index in [1.165, 1.54) is 77.5 Å². The van der Waals surface area contributed by atoms with Crippen molar-refractivity contribution in [3.63, 3.8) is 0 Å². The second-order valence-corrected chi connectivity index (χ2v) is 6.18. The summed E-state index contributed by atoms with van der Waals surface area (Å²) in [6.07, 6.45) is 10.9. The standard InChI is InChI=1S/C16H37N3/c1-18(2)15-11-7-5-9-13-17-14-10-6-8-12-16-19(3)4/h17H,5-16H2,1-4H3. The molecule has 0 atom stereocenters. The summed E-state index contributed by atoms with van der Waals surface area (Å²) in [5.41, 5.74) is 0. The van der Waals surface area contributed by atoms with E-state index in [0.717, 1.165) is 0 Å². The van der Waals surface area contributed by atoms with Crippen LogP contribution in [0.1, 0.15) is 51.4 Å². The van der Waals surface area contributed by atoms with Crippen LogP contribution in [0.5, 0.6) is 0 Å². The van der Waals surface area contributed by atoms with Gasteiger partial charge in [0.2, 0.25) is 0 Å². The lowest BCUT2D eigenvalue weighted by atomic mass is 10.1. The van der Waals surface area contributed by atoms with E-state index >= 15 is 0 Å². The van der Waals surface area contributed by atoms with Gasteiger partial charge in [0.25, 0.3) is 0 Å². The Morgan fingerprint density at radius 2 is 0.895 bits per heavy atom. The smallest absolute Gasteiger partial charge is 0.00248 e. The lowest BCUT2D eigenvalue weighted by Crippen LogP contribution is -2.17. The molecule has 0 aliphatic carbocycles. The van der Waals surface area contributed by atoms with Crippen LogP contribution in [0, 0.1) is 0 Å². The van der Waals surface area contributed by atoms with Gasteiger partial charge in [-0.15, -0.1) is 0 Å². The lowest BCUT2D eigenvalue weighted by molar-refractivity contribution is 0.388. The summed E-state index contributed by atoms with van der Waals surface area (Å²) in [7, 11) is 8.61. The molecule has 0 spiro atoms. The van der Waals surface area contributed by atoms with Crippen LogP contribution < -0.4 is 5.32 Å². The van der Waals surface area contributed by atoms with Gasteiger partial charge >= 0.3 is 0 Å². The second kappa shape index (κ2) is 14.3. The van der Waals surface area contributed by atoms with Gasteiger partial charge in [-0.3, -0.25) is 0 Å². The van der Waals surface area contributed by atoms with E-state index < -0.39 is 0 Å². The Bertz CT molecular complexity index is 151. The van der Waals surface area contributed by atoms with Crippen LogP contribution >= 0.6 is 0 Å². The van der Waals surface area contributed by atoms with Crippen molar-refractivity contribution in [2.24, 2.45) is 0 Å². The van der Waals surface area contributed by atoms with Crippen molar-refractivity contribution in [3.05, 3.63) is 0 Å². The first kappa shape index (κ1) is 18.9. The van der Waals surface area contributed by atoms with E-state index in [1.54, 1.807) is 0 Å². The first-order chi connectivity index (χ1) is 9.13. The van der Waals surface area contributed by atoms with Crippen LogP contribution in [0.15, 0.2) is 0 Å². The van der Waals surface area contributed by atoms with Crippen molar-refractivity contribution in [1.82, 2.24) is 15.1 Å². The minimum atomic E-state index is 1.21. The van der Waals surface area contributed by atoms with Gasteiger partial charge in [-0.1, -0.05) is 25.7 Å². The number of rotatable bonds is 14. The molecule has 0 amide bonds. The Kier molecular flexibility index (Phi) is 14.2. The molecular weight excluding hydrogens is 234 g/mol. The number of nitrogens with zero attached hydrogens (tertiary/aromatic N) is 2. The van der Waals surface area contributed by atoms with Gasteiger partial charge in [0.15, 0.2) is 0 Å². The normalized spacial score (nSPS) is 11.7. The zero-order chi connectivity index (χ0) is 14.3. The van der Waals surface area contributed by atoms with Gasteiger partial charge in [-0.25, -0.2) is 0 Å². The predicted molar refractivity (Wildman–Crippen MR) is 86.9 cm³/mol. The predicted octanol–water partition coefficient (Wildman–Crippen LogP) is 2.82. The summed E-state index contributed by atoms with van der Waals surface area (Å²) in [4.78, 5) is 4.54. The van der Waals surface area contributed by atoms with E-state index in [1.807, 2.05) is 0 Å². The van der Waals surface area contributed by atoms with E-state index in [4.69, 9.17) is 0 Å². The second-order valence-electron chi connectivity index (χ2n) is 6.18. The molecule has 0 saturated carbocycles. The van der Waals surface area contributed by atoms with Crippen LogP contribution in [0.2, 0.25) is 0 Å². The third-order valence-electron chi connectivity index (χ3n) is 3.42. The van der Waals surface area contributed by atoms with E-state index in [0.29, 0.717) is 0 Å². The molecule has 0 fully saturated rings. The largest absolute Gasteiger partial charge is 0.317 e. The SMILES string of the molecule is CN(C)CCCCCCNCCCCCCN(C)C. The average Bonchev–Trinajstić information content (AvgIpc) is 2.34. The molecule has 0 aliphatic rings. The van der Waals surface area contributed by atoms with Crippen LogP contribution in [-0.4, -0.2) is 64.2 Å². The maximum Gasteiger partial charge on any atom is -0.00248 e. The van der Waals surface area contributed by atoms with Gasteiger partial charge in [0.1, 0.15) is 0 Å². The van der Waals surface area contributed by atoms with E-state index in [-0.39, 0.29) is 0 Å². The van der Waals surface area contributed by atoms with Gasteiger partial charge in [0, 0.05) is 0 Å². The minimum Gasteiger partial charge on any atom is -0.317 e. The van der Waals surface area contributed by atoms with Crippen molar-refractivity contribution in [3.8, 4) is 0 Å². The number of nitrogens with one attached hydrogen (secondary N) is 1. The number of unbranched alkanes of at least 4 members (excludes halogenated alkanes) is 6. The molecule has 0 unspecified atom stereocenters. The van der Waals surface area contributed by atoms with Gasteiger partial charge in [0.05, 0.1) is 0 Å². The fourth-order valence-electron chi connectivity index (χ4n) is 2.19. The minimum absolute atomic E-state index is 1.21. The van der Waals surface area contributed by atoms with Gasteiger partial charge in [-0.2, -0.15) is 0 Å². The summed E-state index contributed by atoms with van der Waals surface area (Å²) in [5, 5.41) is 3.56. The Morgan fingerprint density at radius 1 is 0.526 bits per heavy atom. The molecule has 0 bridgehead atoms. The fourth-order valence-corrected chi connectivity index (χ4v) is 2.19. The van der Waals surface area contributed by atoms with E-state index in [2.05, 4.69) is 43.3 Å². The highest BCUT2D eigenvalue weighted by Gasteiger charge is 1.94. The highest BCUT2D eigenvalue weighted by atomic mass is 15.0. The van der Waals surface area contributed by atoms with Gasteiger partial charge < -0.3 is 15.1 Å². The maximum absolute atomic E-state index is 3.56. The fraction of sp³-hybridized carbons (Fsp3) is 1.00. The third-order valence-corrected chi connectivity index (χ3v) is 3.42. The quantitative estimate of drug-likeness (QED) is 0.490. The average molecular weight is 271 g/mol. The summed E-state index contributed by atoms with van der Waals surface area (Å²) in [6, 6.07) is 0.